The van der Waals surface area contributed by atoms with Gasteiger partial charge < -0.3 is 9.84 Å². The fourth-order valence-electron chi connectivity index (χ4n) is 2.49. The molecule has 0 spiro atoms. The standard InChI is InChI=1S/C16H23NO3/c1-3-8-17(10-12-4-5-12)11-13-6-7-14(16(18)19)15(9-13)20-2/h6-7,9,12H,3-5,8,10-11H2,1-2H3,(H,18,19). The molecule has 0 aliphatic heterocycles. The molecule has 0 bridgehead atoms. The number of carboxylic acid groups (broad SMARTS) is 1. The molecule has 20 heavy (non-hydrogen) atoms. The van der Waals surface area contributed by atoms with Crippen molar-refractivity contribution in [3.63, 3.8) is 0 Å². The van der Waals surface area contributed by atoms with Crippen molar-refractivity contribution in [1.29, 1.82) is 0 Å². The van der Waals surface area contributed by atoms with Crippen molar-refractivity contribution in [1.82, 2.24) is 4.90 Å². The summed E-state index contributed by atoms with van der Waals surface area (Å²) in [5.74, 6) is 0.358. The van der Waals surface area contributed by atoms with Gasteiger partial charge in [-0.15, -0.1) is 0 Å². The van der Waals surface area contributed by atoms with Crippen LogP contribution in [0.4, 0.5) is 0 Å². The smallest absolute Gasteiger partial charge is 0.339 e. The van der Waals surface area contributed by atoms with Crippen LogP contribution in [0.15, 0.2) is 18.2 Å². The molecule has 1 aromatic rings. The van der Waals surface area contributed by atoms with Crippen LogP contribution in [0.1, 0.15) is 42.1 Å². The van der Waals surface area contributed by atoms with E-state index in [-0.39, 0.29) is 5.56 Å². The average Bonchev–Trinajstić information content (AvgIpc) is 3.22. The SMILES string of the molecule is CCCN(Cc1ccc(C(=O)O)c(OC)c1)CC1CC1. The van der Waals surface area contributed by atoms with Gasteiger partial charge in [-0.2, -0.15) is 0 Å². The Balaban J connectivity index is 2.08. The summed E-state index contributed by atoms with van der Waals surface area (Å²) in [6.45, 7) is 5.28. The Hall–Kier alpha value is -1.55. The van der Waals surface area contributed by atoms with E-state index in [9.17, 15) is 4.79 Å². The number of carboxylic acids is 1. The van der Waals surface area contributed by atoms with Crippen molar-refractivity contribution in [2.24, 2.45) is 5.92 Å². The van der Waals surface area contributed by atoms with Gasteiger partial charge in [0.1, 0.15) is 11.3 Å². The van der Waals surface area contributed by atoms with Gasteiger partial charge in [-0.25, -0.2) is 4.79 Å². The van der Waals surface area contributed by atoms with E-state index < -0.39 is 5.97 Å². The van der Waals surface area contributed by atoms with Gasteiger partial charge in [-0.3, -0.25) is 4.90 Å². The zero-order valence-electron chi connectivity index (χ0n) is 12.3. The van der Waals surface area contributed by atoms with Gasteiger partial charge in [-0.1, -0.05) is 13.0 Å². The molecule has 110 valence electrons. The summed E-state index contributed by atoms with van der Waals surface area (Å²) in [5, 5.41) is 9.09. The summed E-state index contributed by atoms with van der Waals surface area (Å²) in [6, 6.07) is 5.37. The van der Waals surface area contributed by atoms with Crippen LogP contribution in [0.3, 0.4) is 0 Å². The number of rotatable bonds is 8. The molecule has 0 atom stereocenters. The van der Waals surface area contributed by atoms with E-state index >= 15 is 0 Å². The number of nitrogens with zero attached hydrogens (tertiary/aromatic N) is 1. The van der Waals surface area contributed by atoms with Crippen LogP contribution >= 0.6 is 0 Å². The zero-order valence-corrected chi connectivity index (χ0v) is 12.3. The lowest BCUT2D eigenvalue weighted by molar-refractivity contribution is 0.0693. The largest absolute Gasteiger partial charge is 0.496 e. The van der Waals surface area contributed by atoms with Crippen molar-refractivity contribution >= 4 is 5.97 Å². The second kappa shape index (κ2) is 6.75. The van der Waals surface area contributed by atoms with Gasteiger partial charge in [0, 0.05) is 13.1 Å². The van der Waals surface area contributed by atoms with E-state index in [0.717, 1.165) is 37.5 Å². The Morgan fingerprint density at radius 2 is 2.20 bits per heavy atom. The number of methoxy groups -OCH3 is 1. The summed E-state index contributed by atoms with van der Waals surface area (Å²) in [5.41, 5.74) is 1.33. The molecule has 1 aliphatic rings. The summed E-state index contributed by atoms with van der Waals surface area (Å²) in [6.07, 6.45) is 3.83. The highest BCUT2D eigenvalue weighted by Crippen LogP contribution is 2.30. The van der Waals surface area contributed by atoms with Crippen LogP contribution in [-0.2, 0) is 6.54 Å². The summed E-state index contributed by atoms with van der Waals surface area (Å²) < 4.78 is 5.18. The molecule has 1 aliphatic carbocycles. The maximum Gasteiger partial charge on any atom is 0.339 e. The van der Waals surface area contributed by atoms with E-state index in [1.807, 2.05) is 12.1 Å². The molecule has 4 heteroatoms. The van der Waals surface area contributed by atoms with E-state index in [0.29, 0.717) is 5.75 Å². The van der Waals surface area contributed by atoms with Crippen molar-refractivity contribution in [2.75, 3.05) is 20.2 Å². The monoisotopic (exact) mass is 277 g/mol. The highest BCUT2D eigenvalue weighted by atomic mass is 16.5. The van der Waals surface area contributed by atoms with Crippen molar-refractivity contribution in [3.8, 4) is 5.75 Å². The van der Waals surface area contributed by atoms with E-state index in [2.05, 4.69) is 11.8 Å². The third kappa shape index (κ3) is 3.97. The highest BCUT2D eigenvalue weighted by Gasteiger charge is 2.24. The predicted octanol–water partition coefficient (Wildman–Crippen LogP) is 3.02. The van der Waals surface area contributed by atoms with Crippen LogP contribution in [0.5, 0.6) is 5.75 Å². The lowest BCUT2D eigenvalue weighted by Gasteiger charge is -2.22. The van der Waals surface area contributed by atoms with Crippen molar-refractivity contribution in [2.45, 2.75) is 32.7 Å². The average molecular weight is 277 g/mol. The topological polar surface area (TPSA) is 49.8 Å². The van der Waals surface area contributed by atoms with Crippen LogP contribution < -0.4 is 4.74 Å². The highest BCUT2D eigenvalue weighted by molar-refractivity contribution is 5.90. The lowest BCUT2D eigenvalue weighted by atomic mass is 10.1. The molecule has 1 aromatic carbocycles. The van der Waals surface area contributed by atoms with E-state index in [1.165, 1.54) is 20.0 Å². The molecular weight excluding hydrogens is 254 g/mol. The minimum absolute atomic E-state index is 0.223. The Labute approximate surface area is 120 Å². The second-order valence-corrected chi connectivity index (χ2v) is 5.52. The summed E-state index contributed by atoms with van der Waals surface area (Å²) in [4.78, 5) is 13.5. The first-order valence-corrected chi connectivity index (χ1v) is 7.26. The Morgan fingerprint density at radius 3 is 2.75 bits per heavy atom. The zero-order chi connectivity index (χ0) is 14.5. The van der Waals surface area contributed by atoms with Crippen LogP contribution in [0, 0.1) is 5.92 Å². The molecule has 0 amide bonds. The second-order valence-electron chi connectivity index (χ2n) is 5.52. The molecule has 0 radical (unpaired) electrons. The number of ether oxygens (including phenoxy) is 1. The van der Waals surface area contributed by atoms with Gasteiger partial charge in [0.2, 0.25) is 0 Å². The van der Waals surface area contributed by atoms with Gasteiger partial charge in [0.25, 0.3) is 0 Å². The van der Waals surface area contributed by atoms with Gasteiger partial charge in [-0.05, 0) is 49.4 Å². The first-order chi connectivity index (χ1) is 9.63. The van der Waals surface area contributed by atoms with Crippen molar-refractivity contribution in [3.05, 3.63) is 29.3 Å². The van der Waals surface area contributed by atoms with Gasteiger partial charge in [0.15, 0.2) is 0 Å². The third-order valence-electron chi connectivity index (χ3n) is 3.66. The molecule has 2 rings (SSSR count). The molecule has 0 aromatic heterocycles. The van der Waals surface area contributed by atoms with Gasteiger partial charge in [0.05, 0.1) is 7.11 Å². The molecule has 1 fully saturated rings. The molecule has 0 saturated heterocycles. The quantitative estimate of drug-likeness (QED) is 0.793. The molecular formula is C16H23NO3. The molecule has 0 unspecified atom stereocenters. The molecule has 0 heterocycles. The van der Waals surface area contributed by atoms with Gasteiger partial charge >= 0.3 is 5.97 Å². The summed E-state index contributed by atoms with van der Waals surface area (Å²) in [7, 11) is 1.51. The molecule has 4 nitrogen and oxygen atoms in total. The lowest BCUT2D eigenvalue weighted by Crippen LogP contribution is -2.26. The Bertz CT molecular complexity index is 469. The van der Waals surface area contributed by atoms with Crippen LogP contribution in [-0.4, -0.2) is 36.2 Å². The Kier molecular flexibility index (Phi) is 5.01. The predicted molar refractivity (Wildman–Crippen MR) is 78.2 cm³/mol. The number of hydrogen-bond acceptors (Lipinski definition) is 3. The first kappa shape index (κ1) is 14.9. The Morgan fingerprint density at radius 1 is 1.45 bits per heavy atom. The fourth-order valence-corrected chi connectivity index (χ4v) is 2.49. The van der Waals surface area contributed by atoms with E-state index in [1.54, 1.807) is 6.07 Å². The minimum Gasteiger partial charge on any atom is -0.496 e. The van der Waals surface area contributed by atoms with E-state index in [4.69, 9.17) is 9.84 Å². The summed E-state index contributed by atoms with van der Waals surface area (Å²) >= 11 is 0. The van der Waals surface area contributed by atoms with Crippen molar-refractivity contribution < 1.29 is 14.6 Å². The normalized spacial score (nSPS) is 14.6. The number of aromatic carboxylic acids is 1. The fraction of sp³-hybridized carbons (Fsp3) is 0.562. The van der Waals surface area contributed by atoms with Crippen LogP contribution in [0.25, 0.3) is 0 Å². The maximum absolute atomic E-state index is 11.1. The number of benzene rings is 1. The first-order valence-electron chi connectivity index (χ1n) is 7.26. The van der Waals surface area contributed by atoms with Crippen LogP contribution in [0.2, 0.25) is 0 Å². The molecule has 1 saturated carbocycles. The number of carbonyl (C=O) groups is 1. The number of hydrogen-bond donors (Lipinski definition) is 1. The molecule has 1 N–H and O–H groups in total. The third-order valence-corrected chi connectivity index (χ3v) is 3.66. The minimum atomic E-state index is -0.947. The maximum atomic E-state index is 11.1.